The van der Waals surface area contributed by atoms with Gasteiger partial charge in [0.2, 0.25) is 0 Å². The molecule has 0 aliphatic heterocycles. The van der Waals surface area contributed by atoms with Gasteiger partial charge < -0.3 is 14.6 Å². The van der Waals surface area contributed by atoms with Crippen LogP contribution in [-0.2, 0) is 14.3 Å². The van der Waals surface area contributed by atoms with Gasteiger partial charge in [-0.1, -0.05) is 20.8 Å². The highest BCUT2D eigenvalue weighted by Crippen LogP contribution is 2.39. The fraction of sp³-hybridized carbons (Fsp3) is 0.923. The third kappa shape index (κ3) is 4.64. The lowest BCUT2D eigenvalue weighted by Gasteiger charge is -2.39. The molecule has 1 rings (SSSR count). The van der Waals surface area contributed by atoms with Crippen LogP contribution in [0.3, 0.4) is 0 Å². The molecule has 100 valence electrons. The Kier molecular flexibility index (Phi) is 4.95. The van der Waals surface area contributed by atoms with Crippen molar-refractivity contribution in [2.75, 3.05) is 13.7 Å². The number of carbonyl (C=O) groups is 1. The van der Waals surface area contributed by atoms with Gasteiger partial charge in [-0.05, 0) is 30.6 Å². The van der Waals surface area contributed by atoms with E-state index >= 15 is 0 Å². The highest BCUT2D eigenvalue weighted by atomic mass is 16.6. The van der Waals surface area contributed by atoms with E-state index in [0.29, 0.717) is 5.92 Å². The van der Waals surface area contributed by atoms with E-state index < -0.39 is 12.1 Å². The molecule has 1 N–H and O–H groups in total. The van der Waals surface area contributed by atoms with Gasteiger partial charge in [-0.3, -0.25) is 0 Å². The van der Waals surface area contributed by atoms with Crippen LogP contribution in [0, 0.1) is 11.3 Å². The number of methoxy groups -OCH3 is 1. The van der Waals surface area contributed by atoms with E-state index in [1.165, 1.54) is 13.5 Å². The molecule has 1 fully saturated rings. The van der Waals surface area contributed by atoms with Crippen LogP contribution >= 0.6 is 0 Å². The lowest BCUT2D eigenvalue weighted by Crippen LogP contribution is -2.39. The van der Waals surface area contributed by atoms with Crippen LogP contribution in [0.25, 0.3) is 0 Å². The number of carboxylic acids is 1. The SMILES string of the molecule is COCC(OC1CC(C)CC(C)(C)C1)C(=O)O. The number of ether oxygens (including phenoxy) is 2. The molecule has 1 saturated carbocycles. The van der Waals surface area contributed by atoms with Gasteiger partial charge in [0, 0.05) is 7.11 Å². The second-order valence-corrected chi connectivity index (χ2v) is 5.95. The van der Waals surface area contributed by atoms with E-state index in [1.54, 1.807) is 0 Å². The van der Waals surface area contributed by atoms with Gasteiger partial charge in [0.05, 0.1) is 12.7 Å². The van der Waals surface area contributed by atoms with E-state index in [1.807, 2.05) is 0 Å². The Labute approximate surface area is 103 Å². The fourth-order valence-electron chi connectivity index (χ4n) is 2.91. The van der Waals surface area contributed by atoms with Crippen LogP contribution in [0.5, 0.6) is 0 Å². The molecule has 1 aliphatic carbocycles. The molecular weight excluding hydrogens is 220 g/mol. The Morgan fingerprint density at radius 3 is 2.59 bits per heavy atom. The number of carboxylic acid groups (broad SMARTS) is 1. The molecule has 3 atom stereocenters. The fourth-order valence-corrected chi connectivity index (χ4v) is 2.91. The maximum atomic E-state index is 11.0. The highest BCUT2D eigenvalue weighted by Gasteiger charge is 2.34. The summed E-state index contributed by atoms with van der Waals surface area (Å²) in [5, 5.41) is 9.03. The van der Waals surface area contributed by atoms with E-state index in [0.717, 1.165) is 12.8 Å². The normalized spacial score (nSPS) is 29.9. The maximum absolute atomic E-state index is 11.0. The summed E-state index contributed by atoms with van der Waals surface area (Å²) < 4.78 is 10.6. The van der Waals surface area contributed by atoms with Crippen LogP contribution in [0.2, 0.25) is 0 Å². The van der Waals surface area contributed by atoms with Crippen molar-refractivity contribution in [2.45, 2.75) is 52.2 Å². The number of rotatable bonds is 5. The van der Waals surface area contributed by atoms with Crippen LogP contribution in [-0.4, -0.2) is 37.0 Å². The zero-order valence-electron chi connectivity index (χ0n) is 11.2. The molecule has 3 unspecified atom stereocenters. The first-order chi connectivity index (χ1) is 7.84. The summed E-state index contributed by atoms with van der Waals surface area (Å²) in [5.41, 5.74) is 0.235. The molecule has 0 heterocycles. The summed E-state index contributed by atoms with van der Waals surface area (Å²) in [4.78, 5) is 11.0. The Balaban J connectivity index is 2.57. The third-order valence-electron chi connectivity index (χ3n) is 3.30. The molecular formula is C13H24O4. The van der Waals surface area contributed by atoms with E-state index in [2.05, 4.69) is 20.8 Å². The minimum absolute atomic E-state index is 0.0324. The summed E-state index contributed by atoms with van der Waals surface area (Å²) in [5.74, 6) is -0.358. The van der Waals surface area contributed by atoms with Gasteiger partial charge in [-0.25, -0.2) is 4.79 Å². The molecule has 0 bridgehead atoms. The second-order valence-electron chi connectivity index (χ2n) is 5.95. The standard InChI is InChI=1S/C13H24O4/c1-9-5-10(7-13(2,3)6-9)17-11(8-16-4)12(14)15/h9-11H,5-8H2,1-4H3,(H,14,15). The van der Waals surface area contributed by atoms with Crippen molar-refractivity contribution < 1.29 is 19.4 Å². The molecule has 0 saturated heterocycles. The van der Waals surface area contributed by atoms with Crippen molar-refractivity contribution >= 4 is 5.97 Å². The number of aliphatic carboxylic acids is 1. The summed E-state index contributed by atoms with van der Waals surface area (Å²) in [7, 11) is 1.49. The predicted molar refractivity (Wildman–Crippen MR) is 65.0 cm³/mol. The van der Waals surface area contributed by atoms with Gasteiger partial charge in [0.1, 0.15) is 0 Å². The van der Waals surface area contributed by atoms with Crippen LogP contribution in [0.15, 0.2) is 0 Å². The molecule has 0 aromatic rings. The first-order valence-electron chi connectivity index (χ1n) is 6.21. The largest absolute Gasteiger partial charge is 0.479 e. The van der Waals surface area contributed by atoms with Crippen molar-refractivity contribution in [1.29, 1.82) is 0 Å². The van der Waals surface area contributed by atoms with E-state index in [-0.39, 0.29) is 18.1 Å². The number of hydrogen-bond acceptors (Lipinski definition) is 3. The first-order valence-corrected chi connectivity index (χ1v) is 6.21. The van der Waals surface area contributed by atoms with E-state index in [9.17, 15) is 4.79 Å². The minimum atomic E-state index is -0.942. The molecule has 0 aromatic heterocycles. The third-order valence-corrected chi connectivity index (χ3v) is 3.30. The summed E-state index contributed by atoms with van der Waals surface area (Å²) in [6.45, 7) is 6.74. The first kappa shape index (κ1) is 14.5. The van der Waals surface area contributed by atoms with Gasteiger partial charge >= 0.3 is 5.97 Å². The quantitative estimate of drug-likeness (QED) is 0.806. The Bertz CT molecular complexity index is 262. The maximum Gasteiger partial charge on any atom is 0.335 e. The monoisotopic (exact) mass is 244 g/mol. The van der Waals surface area contributed by atoms with Gasteiger partial charge in [-0.2, -0.15) is 0 Å². The summed E-state index contributed by atoms with van der Waals surface area (Å²) in [6, 6.07) is 0. The lowest BCUT2D eigenvalue weighted by molar-refractivity contribution is -0.163. The van der Waals surface area contributed by atoms with Crippen molar-refractivity contribution in [1.82, 2.24) is 0 Å². The summed E-state index contributed by atoms with van der Waals surface area (Å²) >= 11 is 0. The molecule has 4 nitrogen and oxygen atoms in total. The predicted octanol–water partition coefficient (Wildman–Crippen LogP) is 2.32. The molecule has 0 radical (unpaired) electrons. The molecule has 0 aromatic carbocycles. The zero-order valence-corrected chi connectivity index (χ0v) is 11.2. The van der Waals surface area contributed by atoms with Crippen molar-refractivity contribution in [2.24, 2.45) is 11.3 Å². The topological polar surface area (TPSA) is 55.8 Å². The lowest BCUT2D eigenvalue weighted by atomic mass is 9.71. The van der Waals surface area contributed by atoms with Crippen LogP contribution in [0.4, 0.5) is 0 Å². The van der Waals surface area contributed by atoms with Gasteiger partial charge in [-0.15, -0.1) is 0 Å². The van der Waals surface area contributed by atoms with Gasteiger partial charge in [0.25, 0.3) is 0 Å². The number of hydrogen-bond donors (Lipinski definition) is 1. The second kappa shape index (κ2) is 5.83. The summed E-state index contributed by atoms with van der Waals surface area (Å²) in [6.07, 6.45) is 2.23. The smallest absolute Gasteiger partial charge is 0.335 e. The average molecular weight is 244 g/mol. The zero-order chi connectivity index (χ0) is 13.1. The minimum Gasteiger partial charge on any atom is -0.479 e. The molecule has 1 aliphatic rings. The van der Waals surface area contributed by atoms with Crippen molar-refractivity contribution in [3.8, 4) is 0 Å². The van der Waals surface area contributed by atoms with E-state index in [4.69, 9.17) is 14.6 Å². The van der Waals surface area contributed by atoms with Gasteiger partial charge in [0.15, 0.2) is 6.10 Å². The molecule has 4 heteroatoms. The highest BCUT2D eigenvalue weighted by molar-refractivity contribution is 5.72. The van der Waals surface area contributed by atoms with Crippen molar-refractivity contribution in [3.05, 3.63) is 0 Å². The average Bonchev–Trinajstić information content (AvgIpc) is 2.13. The Hall–Kier alpha value is -0.610. The molecule has 17 heavy (non-hydrogen) atoms. The Morgan fingerprint density at radius 2 is 2.12 bits per heavy atom. The van der Waals surface area contributed by atoms with Crippen molar-refractivity contribution in [3.63, 3.8) is 0 Å². The van der Waals surface area contributed by atoms with Crippen LogP contribution in [0.1, 0.15) is 40.0 Å². The molecule has 0 amide bonds. The Morgan fingerprint density at radius 1 is 1.47 bits per heavy atom. The van der Waals surface area contributed by atoms with Crippen LogP contribution < -0.4 is 0 Å². The molecule has 0 spiro atoms.